The molecule has 2 rings (SSSR count). The normalized spacial score (nSPS) is 10.7. The van der Waals surface area contributed by atoms with Gasteiger partial charge in [0.25, 0.3) is 5.76 Å². The molecule has 0 spiro atoms. The topological polar surface area (TPSA) is 29.1 Å². The largest absolute Gasteiger partial charge is 0.326 e. The van der Waals surface area contributed by atoms with E-state index < -0.39 is 5.76 Å². The zero-order valence-corrected chi connectivity index (χ0v) is 11.7. The first kappa shape index (κ1) is 15.4. The fraction of sp³-hybridized carbons (Fsp3) is 0.133. The number of alkyl halides is 2. The second-order valence-corrected chi connectivity index (χ2v) is 5.32. The van der Waals surface area contributed by atoms with Gasteiger partial charge in [-0.05, 0) is 42.0 Å². The van der Waals surface area contributed by atoms with Crippen LogP contribution in [0.25, 0.3) is 0 Å². The third-order valence-electron chi connectivity index (χ3n) is 2.64. The van der Waals surface area contributed by atoms with Crippen LogP contribution in [0.2, 0.25) is 0 Å². The van der Waals surface area contributed by atoms with Crippen LogP contribution < -0.4 is 5.32 Å². The number of rotatable bonds is 5. The zero-order chi connectivity index (χ0) is 15.2. The van der Waals surface area contributed by atoms with Gasteiger partial charge < -0.3 is 5.32 Å². The average molecular weight is 311 g/mol. The van der Waals surface area contributed by atoms with Gasteiger partial charge in [0.15, 0.2) is 0 Å². The molecule has 0 unspecified atom stereocenters. The number of hydrogen-bond acceptors (Lipinski definition) is 2. The summed E-state index contributed by atoms with van der Waals surface area (Å²) in [6.45, 7) is 0. The number of amides is 1. The quantitative estimate of drug-likeness (QED) is 0.833. The number of benzene rings is 2. The molecule has 0 radical (unpaired) electrons. The summed E-state index contributed by atoms with van der Waals surface area (Å²) < 4.78 is 37.1. The number of anilines is 1. The second-order valence-electron chi connectivity index (χ2n) is 4.25. The lowest BCUT2D eigenvalue weighted by Crippen LogP contribution is -2.14. The standard InChI is InChI=1S/C15H12F3NOS/c16-11-3-1-10(2-4-11)9-14(20)19-12-5-7-13(8-6-12)21-15(17)18/h1-8,15H,9H2,(H,19,20). The summed E-state index contributed by atoms with van der Waals surface area (Å²) in [5, 5.41) is 2.66. The fourth-order valence-electron chi connectivity index (χ4n) is 1.71. The van der Waals surface area contributed by atoms with E-state index in [9.17, 15) is 18.0 Å². The number of thioether (sulfide) groups is 1. The first-order chi connectivity index (χ1) is 10.0. The van der Waals surface area contributed by atoms with Crippen molar-refractivity contribution in [3.05, 3.63) is 59.9 Å². The fourth-order valence-corrected chi connectivity index (χ4v) is 2.21. The maximum Gasteiger partial charge on any atom is 0.288 e. The van der Waals surface area contributed by atoms with Crippen LogP contribution in [0.15, 0.2) is 53.4 Å². The number of carbonyl (C=O) groups excluding carboxylic acids is 1. The predicted molar refractivity (Wildman–Crippen MR) is 77.0 cm³/mol. The van der Waals surface area contributed by atoms with Crippen molar-refractivity contribution >= 4 is 23.4 Å². The Morgan fingerprint density at radius 1 is 1.05 bits per heavy atom. The lowest BCUT2D eigenvalue weighted by Gasteiger charge is -2.06. The first-order valence-electron chi connectivity index (χ1n) is 6.12. The van der Waals surface area contributed by atoms with E-state index in [0.29, 0.717) is 27.9 Å². The summed E-state index contributed by atoms with van der Waals surface area (Å²) in [7, 11) is 0. The average Bonchev–Trinajstić information content (AvgIpc) is 2.43. The molecule has 110 valence electrons. The SMILES string of the molecule is O=C(Cc1ccc(F)cc1)Nc1ccc(SC(F)F)cc1. The van der Waals surface area contributed by atoms with E-state index in [2.05, 4.69) is 5.32 Å². The highest BCUT2D eigenvalue weighted by atomic mass is 32.2. The Hall–Kier alpha value is -1.95. The summed E-state index contributed by atoms with van der Waals surface area (Å²) in [4.78, 5) is 12.2. The second kappa shape index (κ2) is 7.17. The summed E-state index contributed by atoms with van der Waals surface area (Å²) in [5.74, 6) is -3.08. The molecular formula is C15H12F3NOS. The first-order valence-corrected chi connectivity index (χ1v) is 7.00. The van der Waals surface area contributed by atoms with Gasteiger partial charge in [-0.1, -0.05) is 23.9 Å². The monoisotopic (exact) mass is 311 g/mol. The Bertz CT molecular complexity index is 599. The van der Waals surface area contributed by atoms with Crippen LogP contribution in [-0.2, 0) is 11.2 Å². The van der Waals surface area contributed by atoms with Gasteiger partial charge in [0.1, 0.15) is 5.82 Å². The van der Waals surface area contributed by atoms with Crippen LogP contribution in [0.5, 0.6) is 0 Å². The Kier molecular flexibility index (Phi) is 5.27. The van der Waals surface area contributed by atoms with Crippen LogP contribution in [-0.4, -0.2) is 11.7 Å². The molecule has 0 aromatic heterocycles. The number of hydrogen-bond donors (Lipinski definition) is 1. The van der Waals surface area contributed by atoms with Crippen LogP contribution in [0.1, 0.15) is 5.56 Å². The molecule has 0 fully saturated rings. The lowest BCUT2D eigenvalue weighted by atomic mass is 10.1. The maximum absolute atomic E-state index is 12.7. The maximum atomic E-state index is 12.7. The smallest absolute Gasteiger partial charge is 0.288 e. The summed E-state index contributed by atoms with van der Waals surface area (Å²) >= 11 is 0.448. The molecule has 1 N–H and O–H groups in total. The summed E-state index contributed by atoms with van der Waals surface area (Å²) in [5.41, 5.74) is 1.22. The summed E-state index contributed by atoms with van der Waals surface area (Å²) in [6.07, 6.45) is 0.119. The van der Waals surface area contributed by atoms with E-state index in [1.807, 2.05) is 0 Å². The van der Waals surface area contributed by atoms with E-state index in [0.717, 1.165) is 0 Å². The molecule has 21 heavy (non-hydrogen) atoms. The molecular weight excluding hydrogens is 299 g/mol. The molecule has 0 aliphatic carbocycles. The minimum absolute atomic E-state index is 0.119. The van der Waals surface area contributed by atoms with Crippen molar-refractivity contribution in [2.24, 2.45) is 0 Å². The number of carbonyl (C=O) groups is 1. The molecule has 0 atom stereocenters. The molecule has 0 aliphatic heterocycles. The van der Waals surface area contributed by atoms with Crippen molar-refractivity contribution in [2.45, 2.75) is 17.1 Å². The Balaban J connectivity index is 1.91. The van der Waals surface area contributed by atoms with Crippen molar-refractivity contribution in [1.82, 2.24) is 0 Å². The highest BCUT2D eigenvalue weighted by molar-refractivity contribution is 7.99. The van der Waals surface area contributed by atoms with Crippen LogP contribution >= 0.6 is 11.8 Å². The van der Waals surface area contributed by atoms with Crippen molar-refractivity contribution in [2.75, 3.05) is 5.32 Å². The number of halogens is 3. The molecule has 2 aromatic rings. The van der Waals surface area contributed by atoms with Crippen LogP contribution in [0, 0.1) is 5.82 Å². The van der Waals surface area contributed by atoms with E-state index in [4.69, 9.17) is 0 Å². The minimum Gasteiger partial charge on any atom is -0.326 e. The molecule has 2 aromatic carbocycles. The van der Waals surface area contributed by atoms with E-state index >= 15 is 0 Å². The van der Waals surface area contributed by atoms with Gasteiger partial charge in [0, 0.05) is 10.6 Å². The number of nitrogens with one attached hydrogen (secondary N) is 1. The van der Waals surface area contributed by atoms with Crippen molar-refractivity contribution in [3.8, 4) is 0 Å². The van der Waals surface area contributed by atoms with Crippen LogP contribution in [0.4, 0.5) is 18.9 Å². The van der Waals surface area contributed by atoms with Gasteiger partial charge in [-0.2, -0.15) is 8.78 Å². The molecule has 0 bridgehead atoms. The third-order valence-corrected chi connectivity index (χ3v) is 3.36. The zero-order valence-electron chi connectivity index (χ0n) is 10.9. The van der Waals surface area contributed by atoms with Crippen molar-refractivity contribution in [1.29, 1.82) is 0 Å². The minimum atomic E-state index is -2.47. The Morgan fingerprint density at radius 3 is 2.24 bits per heavy atom. The molecule has 0 saturated heterocycles. The van der Waals surface area contributed by atoms with Crippen LogP contribution in [0.3, 0.4) is 0 Å². The summed E-state index contributed by atoms with van der Waals surface area (Å²) in [6, 6.07) is 11.8. The highest BCUT2D eigenvalue weighted by Gasteiger charge is 2.07. The third kappa shape index (κ3) is 5.15. The highest BCUT2D eigenvalue weighted by Crippen LogP contribution is 2.26. The van der Waals surface area contributed by atoms with Gasteiger partial charge in [0.05, 0.1) is 6.42 Å². The predicted octanol–water partition coefficient (Wildman–Crippen LogP) is 4.32. The van der Waals surface area contributed by atoms with Gasteiger partial charge >= 0.3 is 0 Å². The van der Waals surface area contributed by atoms with Crippen molar-refractivity contribution in [3.63, 3.8) is 0 Å². The molecule has 6 heteroatoms. The van der Waals surface area contributed by atoms with E-state index in [-0.39, 0.29) is 18.1 Å². The van der Waals surface area contributed by atoms with E-state index in [1.165, 1.54) is 36.4 Å². The van der Waals surface area contributed by atoms with Gasteiger partial charge in [-0.15, -0.1) is 0 Å². The Morgan fingerprint density at radius 2 is 1.67 bits per heavy atom. The van der Waals surface area contributed by atoms with Gasteiger partial charge in [0.2, 0.25) is 5.91 Å². The molecule has 0 saturated carbocycles. The van der Waals surface area contributed by atoms with Gasteiger partial charge in [-0.25, -0.2) is 4.39 Å². The molecule has 0 heterocycles. The lowest BCUT2D eigenvalue weighted by molar-refractivity contribution is -0.115. The molecule has 2 nitrogen and oxygen atoms in total. The van der Waals surface area contributed by atoms with Gasteiger partial charge in [-0.3, -0.25) is 4.79 Å². The molecule has 0 aliphatic rings. The van der Waals surface area contributed by atoms with E-state index in [1.54, 1.807) is 12.1 Å². The molecule has 1 amide bonds. The Labute approximate surface area is 124 Å². The van der Waals surface area contributed by atoms with Crippen molar-refractivity contribution < 1.29 is 18.0 Å².